The molecule has 1 atom stereocenters. The topological polar surface area (TPSA) is 71.0 Å². The molecule has 5 nitrogen and oxygen atoms in total. The Morgan fingerprint density at radius 3 is 2.70 bits per heavy atom. The summed E-state index contributed by atoms with van der Waals surface area (Å²) in [5.74, 6) is -0.725. The average molecular weight is 301 g/mol. The molecular weight excluding hydrogens is 288 g/mol. The fourth-order valence-corrected chi connectivity index (χ4v) is 2.25. The number of nitrogens with one attached hydrogen (secondary N) is 1. The minimum absolute atomic E-state index is 0.222. The number of benzene rings is 1. The molecule has 2 rings (SSSR count). The Labute approximate surface area is 118 Å². The molecule has 1 aromatic heterocycles. The lowest BCUT2D eigenvalue weighted by molar-refractivity contribution is 0.0794. The Morgan fingerprint density at radius 2 is 2.05 bits per heavy atom. The summed E-state index contributed by atoms with van der Waals surface area (Å²) in [5, 5.41) is 16.4. The summed E-state index contributed by atoms with van der Waals surface area (Å²) in [5.41, 5.74) is 0.277. The van der Waals surface area contributed by atoms with E-state index in [1.54, 1.807) is 0 Å². The molecule has 2 N–H and O–H groups in total. The Bertz CT molecular complexity index is 559. The lowest BCUT2D eigenvalue weighted by atomic mass is 10.2. The van der Waals surface area contributed by atoms with E-state index in [0.717, 1.165) is 18.2 Å². The third-order valence-electron chi connectivity index (χ3n) is 2.36. The summed E-state index contributed by atoms with van der Waals surface area (Å²) in [7, 11) is 1.50. The van der Waals surface area contributed by atoms with Crippen LogP contribution < -0.4 is 0 Å². The zero-order valence-electron chi connectivity index (χ0n) is 10.6. The lowest BCUT2D eigenvalue weighted by Gasteiger charge is -2.06. The van der Waals surface area contributed by atoms with Crippen LogP contribution in [0, 0.1) is 11.6 Å². The van der Waals surface area contributed by atoms with Crippen LogP contribution in [0.5, 0.6) is 0 Å². The molecule has 0 aliphatic carbocycles. The summed E-state index contributed by atoms with van der Waals surface area (Å²) in [4.78, 5) is 4.11. The predicted molar refractivity (Wildman–Crippen MR) is 70.3 cm³/mol. The minimum atomic E-state index is -0.680. The second-order valence-electron chi connectivity index (χ2n) is 4.04. The van der Waals surface area contributed by atoms with E-state index in [0.29, 0.717) is 10.9 Å². The molecule has 0 spiro atoms. The average Bonchev–Trinajstić information content (AvgIpc) is 2.84. The van der Waals surface area contributed by atoms with E-state index in [4.69, 9.17) is 4.74 Å². The highest BCUT2D eigenvalue weighted by Gasteiger charge is 2.11. The molecule has 0 saturated carbocycles. The largest absolute Gasteiger partial charge is 0.390 e. The molecule has 1 aromatic carbocycles. The molecule has 8 heteroatoms. The zero-order valence-corrected chi connectivity index (χ0v) is 11.5. The highest BCUT2D eigenvalue weighted by Crippen LogP contribution is 2.21. The number of hydrogen-bond donors (Lipinski definition) is 2. The number of methoxy groups -OCH3 is 1. The number of thioether (sulfide) groups is 1. The van der Waals surface area contributed by atoms with Gasteiger partial charge in [-0.1, -0.05) is 11.8 Å². The smallest absolute Gasteiger partial charge is 0.208 e. The van der Waals surface area contributed by atoms with Crippen molar-refractivity contribution in [2.45, 2.75) is 11.3 Å². The Balaban J connectivity index is 2.05. The van der Waals surface area contributed by atoms with Crippen molar-refractivity contribution >= 4 is 11.8 Å². The molecule has 0 amide bonds. The molecule has 0 fully saturated rings. The summed E-state index contributed by atoms with van der Waals surface area (Å²) < 4.78 is 31.0. The van der Waals surface area contributed by atoms with Crippen LogP contribution in [-0.2, 0) is 4.74 Å². The van der Waals surface area contributed by atoms with Crippen LogP contribution in [0.15, 0.2) is 23.4 Å². The molecule has 2 aromatic rings. The van der Waals surface area contributed by atoms with Gasteiger partial charge in [-0.05, 0) is 12.1 Å². The third-order valence-corrected chi connectivity index (χ3v) is 3.36. The summed E-state index contributed by atoms with van der Waals surface area (Å²) >= 11 is 1.22. The standard InChI is InChI=1S/C12H13F2N3O2S/c1-19-5-10(18)6-20-12-15-11(16-17-12)7-2-8(13)4-9(14)3-7/h2-4,10,18H,5-6H2,1H3,(H,15,16,17)/t10-/m1/s1. The van der Waals surface area contributed by atoms with Gasteiger partial charge in [-0.3, -0.25) is 5.10 Å². The molecule has 0 bridgehead atoms. The molecule has 0 radical (unpaired) electrons. The van der Waals surface area contributed by atoms with Gasteiger partial charge in [0.1, 0.15) is 11.6 Å². The number of aliphatic hydroxyl groups excluding tert-OH is 1. The van der Waals surface area contributed by atoms with Crippen LogP contribution in [0.2, 0.25) is 0 Å². The van der Waals surface area contributed by atoms with E-state index in [-0.39, 0.29) is 18.0 Å². The SMILES string of the molecule is COC[C@@H](O)CSc1n[nH]c(-c2cc(F)cc(F)c2)n1. The van der Waals surface area contributed by atoms with Gasteiger partial charge < -0.3 is 9.84 Å². The number of halogens is 2. The van der Waals surface area contributed by atoms with E-state index < -0.39 is 17.7 Å². The molecule has 0 aliphatic rings. The van der Waals surface area contributed by atoms with Gasteiger partial charge in [-0.25, -0.2) is 13.8 Å². The van der Waals surface area contributed by atoms with Gasteiger partial charge in [0.15, 0.2) is 5.82 Å². The second-order valence-corrected chi connectivity index (χ2v) is 5.03. The summed E-state index contributed by atoms with van der Waals surface area (Å²) in [6, 6.07) is 3.12. The van der Waals surface area contributed by atoms with Gasteiger partial charge in [0.2, 0.25) is 5.16 Å². The van der Waals surface area contributed by atoms with E-state index in [1.165, 1.54) is 18.9 Å². The van der Waals surface area contributed by atoms with E-state index in [2.05, 4.69) is 15.2 Å². The first-order valence-corrected chi connectivity index (χ1v) is 6.75. The first-order chi connectivity index (χ1) is 9.58. The minimum Gasteiger partial charge on any atom is -0.390 e. The van der Waals surface area contributed by atoms with E-state index in [1.807, 2.05) is 0 Å². The maximum absolute atomic E-state index is 13.1. The number of rotatable bonds is 6. The molecule has 1 heterocycles. The van der Waals surface area contributed by atoms with Crippen molar-refractivity contribution in [1.29, 1.82) is 0 Å². The monoisotopic (exact) mass is 301 g/mol. The number of ether oxygens (including phenoxy) is 1. The van der Waals surface area contributed by atoms with Gasteiger partial charge >= 0.3 is 0 Å². The summed E-state index contributed by atoms with van der Waals surface area (Å²) in [6.45, 7) is 0.222. The van der Waals surface area contributed by atoms with Crippen LogP contribution in [-0.4, -0.2) is 45.9 Å². The number of aromatic nitrogens is 3. The summed E-state index contributed by atoms with van der Waals surface area (Å²) in [6.07, 6.45) is -0.626. The molecule has 0 aliphatic heterocycles. The highest BCUT2D eigenvalue weighted by atomic mass is 32.2. The Hall–Kier alpha value is -1.51. The van der Waals surface area contributed by atoms with E-state index in [9.17, 15) is 13.9 Å². The Kier molecular flexibility index (Phi) is 5.05. The first kappa shape index (κ1) is 14.9. The molecule has 108 valence electrons. The Morgan fingerprint density at radius 1 is 1.35 bits per heavy atom. The predicted octanol–water partition coefficient (Wildman–Crippen LogP) is 1.85. The van der Waals surface area contributed by atoms with Crippen LogP contribution in [0.1, 0.15) is 0 Å². The fourth-order valence-electron chi connectivity index (χ4n) is 1.54. The first-order valence-electron chi connectivity index (χ1n) is 5.77. The van der Waals surface area contributed by atoms with Crippen molar-refractivity contribution in [3.05, 3.63) is 29.8 Å². The van der Waals surface area contributed by atoms with E-state index >= 15 is 0 Å². The molecule has 0 saturated heterocycles. The van der Waals surface area contributed by atoms with Crippen LogP contribution >= 0.6 is 11.8 Å². The number of nitrogens with zero attached hydrogens (tertiary/aromatic N) is 2. The van der Waals surface area contributed by atoms with Gasteiger partial charge in [0.05, 0.1) is 12.7 Å². The van der Waals surface area contributed by atoms with Crippen molar-refractivity contribution in [2.24, 2.45) is 0 Å². The number of H-pyrrole nitrogens is 1. The lowest BCUT2D eigenvalue weighted by Crippen LogP contribution is -2.16. The van der Waals surface area contributed by atoms with Gasteiger partial charge in [0.25, 0.3) is 0 Å². The second kappa shape index (κ2) is 6.78. The van der Waals surface area contributed by atoms with Crippen molar-refractivity contribution in [1.82, 2.24) is 15.2 Å². The van der Waals surface area contributed by atoms with Crippen LogP contribution in [0.3, 0.4) is 0 Å². The molecular formula is C12H13F2N3O2S. The molecule has 20 heavy (non-hydrogen) atoms. The molecule has 0 unspecified atom stereocenters. The fraction of sp³-hybridized carbons (Fsp3) is 0.333. The van der Waals surface area contributed by atoms with Gasteiger partial charge in [-0.15, -0.1) is 5.10 Å². The van der Waals surface area contributed by atoms with Crippen LogP contribution in [0.4, 0.5) is 8.78 Å². The number of hydrogen-bond acceptors (Lipinski definition) is 5. The van der Waals surface area contributed by atoms with Crippen molar-refractivity contribution in [2.75, 3.05) is 19.5 Å². The quantitative estimate of drug-likeness (QED) is 0.797. The van der Waals surface area contributed by atoms with Gasteiger partial charge in [-0.2, -0.15) is 0 Å². The maximum Gasteiger partial charge on any atom is 0.208 e. The van der Waals surface area contributed by atoms with Crippen molar-refractivity contribution < 1.29 is 18.6 Å². The highest BCUT2D eigenvalue weighted by molar-refractivity contribution is 7.99. The van der Waals surface area contributed by atoms with Crippen molar-refractivity contribution in [3.63, 3.8) is 0 Å². The maximum atomic E-state index is 13.1. The van der Waals surface area contributed by atoms with Crippen LogP contribution in [0.25, 0.3) is 11.4 Å². The zero-order chi connectivity index (χ0) is 14.5. The van der Waals surface area contributed by atoms with Gasteiger partial charge in [0, 0.05) is 24.5 Å². The van der Waals surface area contributed by atoms with Crippen molar-refractivity contribution in [3.8, 4) is 11.4 Å². The normalized spacial score (nSPS) is 12.6. The number of aliphatic hydroxyl groups is 1. The number of aromatic amines is 1. The third kappa shape index (κ3) is 3.99.